The minimum Gasteiger partial charge on any atom is -0.481 e. The number of cyclic esters (lactones) is 1. The number of nitrogens with two attached hydrogens (primary N) is 1. The van der Waals surface area contributed by atoms with Crippen molar-refractivity contribution in [3.05, 3.63) is 42.6 Å². The van der Waals surface area contributed by atoms with Gasteiger partial charge in [0.05, 0.1) is 13.7 Å². The van der Waals surface area contributed by atoms with Crippen LogP contribution in [0.1, 0.15) is 12.8 Å². The highest BCUT2D eigenvalue weighted by Gasteiger charge is 2.32. The lowest BCUT2D eigenvalue weighted by Crippen LogP contribution is -2.24. The van der Waals surface area contributed by atoms with E-state index in [0.29, 0.717) is 18.8 Å². The van der Waals surface area contributed by atoms with Crippen LogP contribution < -0.4 is 15.4 Å². The fraction of sp³-hybridized carbons (Fsp3) is 0.278. The van der Waals surface area contributed by atoms with E-state index in [0.717, 1.165) is 16.8 Å². The van der Waals surface area contributed by atoms with Gasteiger partial charge in [0, 0.05) is 24.4 Å². The minimum absolute atomic E-state index is 0.203. The van der Waals surface area contributed by atoms with Crippen LogP contribution in [0, 0.1) is 0 Å². The van der Waals surface area contributed by atoms with Gasteiger partial charge in [-0.3, -0.25) is 9.69 Å². The largest absolute Gasteiger partial charge is 0.481 e. The Morgan fingerprint density at radius 1 is 1.32 bits per heavy atom. The number of ether oxygens (including phenoxy) is 2. The van der Waals surface area contributed by atoms with Crippen molar-refractivity contribution in [2.45, 2.75) is 18.9 Å². The first-order chi connectivity index (χ1) is 12.1. The molecule has 1 atom stereocenters. The van der Waals surface area contributed by atoms with Crippen molar-refractivity contribution >= 4 is 17.7 Å². The Hall–Kier alpha value is -3.09. The van der Waals surface area contributed by atoms with E-state index in [1.54, 1.807) is 18.2 Å². The number of anilines is 1. The molecule has 7 nitrogen and oxygen atoms in total. The van der Waals surface area contributed by atoms with Gasteiger partial charge in [-0.1, -0.05) is 12.1 Å². The molecule has 0 unspecified atom stereocenters. The predicted octanol–water partition coefficient (Wildman–Crippen LogP) is 2.35. The van der Waals surface area contributed by atoms with Gasteiger partial charge in [0.25, 0.3) is 0 Å². The summed E-state index contributed by atoms with van der Waals surface area (Å²) in [4.78, 5) is 28.5. The molecule has 0 spiro atoms. The Kier molecular flexibility index (Phi) is 4.83. The number of primary amides is 1. The highest BCUT2D eigenvalue weighted by Crippen LogP contribution is 2.28. The van der Waals surface area contributed by atoms with E-state index in [2.05, 4.69) is 4.98 Å². The molecule has 130 valence electrons. The highest BCUT2D eigenvalue weighted by molar-refractivity contribution is 5.90. The van der Waals surface area contributed by atoms with Crippen molar-refractivity contribution in [3.63, 3.8) is 0 Å². The van der Waals surface area contributed by atoms with Gasteiger partial charge in [-0.15, -0.1) is 0 Å². The number of hydrogen-bond donors (Lipinski definition) is 1. The van der Waals surface area contributed by atoms with Crippen molar-refractivity contribution in [2.24, 2.45) is 5.73 Å². The summed E-state index contributed by atoms with van der Waals surface area (Å²) in [5.74, 6) is 0.147. The van der Waals surface area contributed by atoms with Crippen LogP contribution in [0.3, 0.4) is 0 Å². The van der Waals surface area contributed by atoms with Gasteiger partial charge in [0.1, 0.15) is 6.10 Å². The van der Waals surface area contributed by atoms with E-state index in [1.807, 2.05) is 36.4 Å². The standard InChI is InChI=1S/C18H19N3O4/c1-24-17-10-13(8-9-20-17)12-2-4-14(5-3-12)21-11-15(25-18(21)23)6-7-16(19)22/h2-5,8-10,15H,6-7,11H2,1H3,(H2,19,22)/t15-/m0/s1. The summed E-state index contributed by atoms with van der Waals surface area (Å²) in [5, 5.41) is 0. The van der Waals surface area contributed by atoms with Crippen LogP contribution in [0.5, 0.6) is 5.88 Å². The second-order valence-electron chi connectivity index (χ2n) is 5.76. The first-order valence-corrected chi connectivity index (χ1v) is 7.94. The number of hydrogen-bond acceptors (Lipinski definition) is 5. The van der Waals surface area contributed by atoms with Gasteiger partial charge in [0.2, 0.25) is 11.8 Å². The number of aromatic nitrogens is 1. The van der Waals surface area contributed by atoms with Crippen LogP contribution in [-0.4, -0.2) is 36.7 Å². The quantitative estimate of drug-likeness (QED) is 0.870. The van der Waals surface area contributed by atoms with Crippen molar-refractivity contribution in [3.8, 4) is 17.0 Å². The average molecular weight is 341 g/mol. The summed E-state index contributed by atoms with van der Waals surface area (Å²) in [6.45, 7) is 0.411. The van der Waals surface area contributed by atoms with Crippen LogP contribution in [-0.2, 0) is 9.53 Å². The fourth-order valence-corrected chi connectivity index (χ4v) is 2.72. The molecule has 0 aliphatic carbocycles. The second-order valence-corrected chi connectivity index (χ2v) is 5.76. The number of carbonyl (C=O) groups excluding carboxylic acids is 2. The number of benzene rings is 1. The summed E-state index contributed by atoms with van der Waals surface area (Å²) in [6, 6.07) is 11.3. The molecule has 25 heavy (non-hydrogen) atoms. The zero-order chi connectivity index (χ0) is 17.8. The smallest absolute Gasteiger partial charge is 0.414 e. The molecular weight excluding hydrogens is 322 g/mol. The normalized spacial score (nSPS) is 16.6. The van der Waals surface area contributed by atoms with E-state index in [-0.39, 0.29) is 12.5 Å². The highest BCUT2D eigenvalue weighted by atomic mass is 16.6. The average Bonchev–Trinajstić information content (AvgIpc) is 3.01. The molecule has 2 amide bonds. The van der Waals surface area contributed by atoms with Gasteiger partial charge in [-0.05, 0) is 35.7 Å². The molecule has 1 aromatic heterocycles. The Bertz CT molecular complexity index is 776. The van der Waals surface area contributed by atoms with E-state index >= 15 is 0 Å². The lowest BCUT2D eigenvalue weighted by atomic mass is 10.1. The van der Waals surface area contributed by atoms with E-state index in [1.165, 1.54) is 0 Å². The topological polar surface area (TPSA) is 94.8 Å². The predicted molar refractivity (Wildman–Crippen MR) is 92.3 cm³/mol. The first-order valence-electron chi connectivity index (χ1n) is 7.94. The minimum atomic E-state index is -0.409. The van der Waals surface area contributed by atoms with Crippen LogP contribution in [0.15, 0.2) is 42.6 Å². The summed E-state index contributed by atoms with van der Waals surface area (Å²) in [5.41, 5.74) is 7.85. The maximum atomic E-state index is 12.0. The Labute approximate surface area is 145 Å². The molecule has 1 saturated heterocycles. The van der Waals surface area contributed by atoms with Crippen LogP contribution in [0.4, 0.5) is 10.5 Å². The van der Waals surface area contributed by atoms with E-state index in [9.17, 15) is 9.59 Å². The van der Waals surface area contributed by atoms with Crippen molar-refractivity contribution in [2.75, 3.05) is 18.6 Å². The van der Waals surface area contributed by atoms with Gasteiger partial charge in [-0.2, -0.15) is 0 Å². The lowest BCUT2D eigenvalue weighted by molar-refractivity contribution is -0.118. The number of rotatable bonds is 6. The van der Waals surface area contributed by atoms with Gasteiger partial charge < -0.3 is 15.2 Å². The molecule has 0 bridgehead atoms. The summed E-state index contributed by atoms with van der Waals surface area (Å²) >= 11 is 0. The molecule has 0 saturated carbocycles. The van der Waals surface area contributed by atoms with Crippen LogP contribution >= 0.6 is 0 Å². The molecule has 1 aliphatic heterocycles. The zero-order valence-electron chi connectivity index (χ0n) is 13.8. The van der Waals surface area contributed by atoms with Crippen molar-refractivity contribution in [1.29, 1.82) is 0 Å². The Morgan fingerprint density at radius 3 is 2.76 bits per heavy atom. The third kappa shape index (κ3) is 3.88. The maximum absolute atomic E-state index is 12.0. The van der Waals surface area contributed by atoms with Gasteiger partial charge in [0.15, 0.2) is 0 Å². The molecule has 7 heteroatoms. The first kappa shape index (κ1) is 16.8. The fourth-order valence-electron chi connectivity index (χ4n) is 2.72. The molecule has 2 N–H and O–H groups in total. The number of pyridine rings is 1. The molecule has 3 rings (SSSR count). The number of carbonyl (C=O) groups is 2. The van der Waals surface area contributed by atoms with E-state index in [4.69, 9.17) is 15.2 Å². The zero-order valence-corrected chi connectivity index (χ0v) is 13.8. The molecule has 1 aromatic carbocycles. The van der Waals surface area contributed by atoms with Gasteiger partial charge in [-0.25, -0.2) is 9.78 Å². The monoisotopic (exact) mass is 341 g/mol. The molecular formula is C18H19N3O4. The summed E-state index contributed by atoms with van der Waals surface area (Å²) in [7, 11) is 1.57. The third-order valence-electron chi connectivity index (χ3n) is 4.04. The second kappa shape index (κ2) is 7.21. The number of amides is 2. The van der Waals surface area contributed by atoms with Crippen molar-refractivity contribution in [1.82, 2.24) is 4.98 Å². The maximum Gasteiger partial charge on any atom is 0.414 e. The van der Waals surface area contributed by atoms with E-state index < -0.39 is 12.0 Å². The SMILES string of the molecule is COc1cc(-c2ccc(N3C[C@H](CCC(N)=O)OC3=O)cc2)ccn1. The Morgan fingerprint density at radius 2 is 2.08 bits per heavy atom. The molecule has 1 fully saturated rings. The summed E-state index contributed by atoms with van der Waals surface area (Å²) < 4.78 is 10.4. The number of nitrogens with zero attached hydrogens (tertiary/aromatic N) is 2. The lowest BCUT2D eigenvalue weighted by Gasteiger charge is -2.13. The van der Waals surface area contributed by atoms with Crippen LogP contribution in [0.2, 0.25) is 0 Å². The molecule has 1 aliphatic rings. The third-order valence-corrected chi connectivity index (χ3v) is 4.04. The van der Waals surface area contributed by atoms with Crippen LogP contribution in [0.25, 0.3) is 11.1 Å². The Balaban J connectivity index is 1.71. The summed E-state index contributed by atoms with van der Waals surface area (Å²) in [6.07, 6.45) is 1.60. The van der Waals surface area contributed by atoms with Crippen molar-refractivity contribution < 1.29 is 19.1 Å². The molecule has 2 aromatic rings. The molecule has 2 heterocycles. The van der Waals surface area contributed by atoms with Gasteiger partial charge >= 0.3 is 6.09 Å². The molecule has 0 radical (unpaired) electrons. The number of methoxy groups -OCH3 is 1.